The fourth-order valence-electron chi connectivity index (χ4n) is 1.47. The summed E-state index contributed by atoms with van der Waals surface area (Å²) in [5.41, 5.74) is 6.68. The highest BCUT2D eigenvalue weighted by Crippen LogP contribution is 2.14. The number of hydrogen-bond acceptors (Lipinski definition) is 3. The maximum atomic E-state index is 7.53. The van der Waals surface area contributed by atoms with Crippen LogP contribution in [0.25, 0.3) is 0 Å². The van der Waals surface area contributed by atoms with Crippen molar-refractivity contribution in [3.05, 3.63) is 29.8 Å². The lowest BCUT2D eigenvalue weighted by atomic mass is 10.2. The molecule has 0 spiro atoms. The van der Waals surface area contributed by atoms with E-state index in [2.05, 4.69) is 24.0 Å². The number of aryl methyl sites for hydroxylation is 1. The van der Waals surface area contributed by atoms with Gasteiger partial charge in [0.2, 0.25) is 0 Å². The Hall–Kier alpha value is -1.49. The molecule has 1 aromatic rings. The molecule has 0 saturated heterocycles. The summed E-state index contributed by atoms with van der Waals surface area (Å²) < 4.78 is 5.67. The summed E-state index contributed by atoms with van der Waals surface area (Å²) in [5, 5.41) is 7.78. The number of aliphatic imine (C=N–C) groups is 1. The largest absolute Gasteiger partial charge is 0.494 e. The second kappa shape index (κ2) is 8.58. The number of amidine groups is 2. The average molecular weight is 279 g/mol. The van der Waals surface area contributed by atoms with E-state index in [1.54, 1.807) is 6.92 Å². The average Bonchev–Trinajstić information content (AvgIpc) is 2.37. The molecule has 0 unspecified atom stereocenters. The Labute approximate surface area is 119 Å². The van der Waals surface area contributed by atoms with Crippen molar-refractivity contribution in [2.75, 3.05) is 12.4 Å². The van der Waals surface area contributed by atoms with Crippen LogP contribution < -0.4 is 10.5 Å². The van der Waals surface area contributed by atoms with Gasteiger partial charge in [-0.2, -0.15) is 0 Å². The van der Waals surface area contributed by atoms with Gasteiger partial charge in [0.25, 0.3) is 0 Å². The summed E-state index contributed by atoms with van der Waals surface area (Å²) in [5.74, 6) is 2.14. The zero-order valence-corrected chi connectivity index (χ0v) is 12.3. The van der Waals surface area contributed by atoms with Crippen molar-refractivity contribution in [1.82, 2.24) is 0 Å². The van der Waals surface area contributed by atoms with Gasteiger partial charge in [0.1, 0.15) is 5.75 Å². The molecule has 0 heterocycles. The number of ether oxygens (including phenoxy) is 1. The molecule has 0 aliphatic rings. The number of rotatable bonds is 6. The Kier molecular flexibility index (Phi) is 7.03. The van der Waals surface area contributed by atoms with Crippen LogP contribution in [0.5, 0.6) is 5.75 Å². The van der Waals surface area contributed by atoms with E-state index in [1.165, 1.54) is 17.3 Å². The van der Waals surface area contributed by atoms with Gasteiger partial charge in [-0.15, -0.1) is 0 Å². The first kappa shape index (κ1) is 15.6. The highest BCUT2D eigenvalue weighted by atomic mass is 32.2. The maximum absolute atomic E-state index is 7.53. The third-order valence-electron chi connectivity index (χ3n) is 2.38. The molecule has 0 atom stereocenters. The van der Waals surface area contributed by atoms with Gasteiger partial charge >= 0.3 is 0 Å². The first-order valence-corrected chi connectivity index (χ1v) is 7.34. The van der Waals surface area contributed by atoms with Crippen LogP contribution in [-0.4, -0.2) is 23.4 Å². The van der Waals surface area contributed by atoms with Gasteiger partial charge in [-0.1, -0.05) is 30.8 Å². The molecule has 0 amide bonds. The predicted octanol–water partition coefficient (Wildman–Crippen LogP) is 3.06. The third kappa shape index (κ3) is 6.86. The summed E-state index contributed by atoms with van der Waals surface area (Å²) in [7, 11) is 0. The molecular weight excluding hydrogens is 258 g/mol. The van der Waals surface area contributed by atoms with Gasteiger partial charge < -0.3 is 10.5 Å². The quantitative estimate of drug-likeness (QED) is 0.477. The molecule has 1 rings (SSSR count). The lowest BCUT2D eigenvalue weighted by Gasteiger charge is -2.07. The minimum absolute atomic E-state index is 0.257. The zero-order chi connectivity index (χ0) is 14.1. The van der Waals surface area contributed by atoms with E-state index in [0.29, 0.717) is 12.4 Å². The van der Waals surface area contributed by atoms with Gasteiger partial charge in [0, 0.05) is 5.75 Å². The minimum atomic E-state index is 0.257. The van der Waals surface area contributed by atoms with Crippen molar-refractivity contribution in [2.45, 2.75) is 26.7 Å². The Morgan fingerprint density at radius 2 is 2.26 bits per heavy atom. The van der Waals surface area contributed by atoms with Crippen LogP contribution in [0.1, 0.15) is 25.8 Å². The van der Waals surface area contributed by atoms with Crippen LogP contribution in [0.2, 0.25) is 0 Å². The van der Waals surface area contributed by atoms with Crippen molar-refractivity contribution < 1.29 is 4.74 Å². The summed E-state index contributed by atoms with van der Waals surface area (Å²) >= 11 is 1.38. The van der Waals surface area contributed by atoms with Crippen LogP contribution in [0, 0.1) is 5.41 Å². The van der Waals surface area contributed by atoms with E-state index in [4.69, 9.17) is 15.9 Å². The van der Waals surface area contributed by atoms with Crippen molar-refractivity contribution in [1.29, 1.82) is 5.41 Å². The number of nitrogens with zero attached hydrogens (tertiary/aromatic N) is 1. The molecule has 0 bridgehead atoms. The van der Waals surface area contributed by atoms with Crippen LogP contribution in [0.3, 0.4) is 0 Å². The summed E-state index contributed by atoms with van der Waals surface area (Å²) in [6.07, 6.45) is 1.89. The number of nitrogens with two attached hydrogens (primary N) is 1. The van der Waals surface area contributed by atoms with Crippen molar-refractivity contribution in [2.24, 2.45) is 10.7 Å². The number of thioether (sulfide) groups is 1. The summed E-state index contributed by atoms with van der Waals surface area (Å²) in [6, 6.07) is 8.14. The summed E-state index contributed by atoms with van der Waals surface area (Å²) in [6.45, 7) is 4.46. The Balaban J connectivity index is 2.20. The highest BCUT2D eigenvalue weighted by Gasteiger charge is 1.98. The van der Waals surface area contributed by atoms with Gasteiger partial charge in [-0.25, -0.2) is 4.99 Å². The van der Waals surface area contributed by atoms with Gasteiger partial charge in [0.15, 0.2) is 5.17 Å². The second-order valence-electron chi connectivity index (χ2n) is 4.11. The molecule has 0 aromatic heterocycles. The fourth-order valence-corrected chi connectivity index (χ4v) is 2.13. The second-order valence-corrected chi connectivity index (χ2v) is 5.19. The lowest BCUT2D eigenvalue weighted by molar-refractivity contribution is 0.318. The van der Waals surface area contributed by atoms with Crippen molar-refractivity contribution in [3.8, 4) is 5.75 Å². The van der Waals surface area contributed by atoms with Crippen LogP contribution in [0.15, 0.2) is 29.3 Å². The molecule has 0 aliphatic heterocycles. The first-order chi connectivity index (χ1) is 9.11. The van der Waals surface area contributed by atoms with Crippen molar-refractivity contribution in [3.63, 3.8) is 0 Å². The molecule has 0 radical (unpaired) electrons. The van der Waals surface area contributed by atoms with Gasteiger partial charge in [-0.3, -0.25) is 5.41 Å². The third-order valence-corrected chi connectivity index (χ3v) is 3.24. The molecule has 0 fully saturated rings. The molecular formula is C14H21N3OS. The van der Waals surface area contributed by atoms with Crippen LogP contribution in [-0.2, 0) is 6.42 Å². The van der Waals surface area contributed by atoms with E-state index in [-0.39, 0.29) is 5.17 Å². The normalized spacial score (nSPS) is 11.4. The number of benzene rings is 1. The van der Waals surface area contributed by atoms with E-state index < -0.39 is 0 Å². The smallest absolute Gasteiger partial charge is 0.181 e. The standard InChI is InChI=1S/C14H21N3OS/c1-3-12-6-4-7-13(10-12)18-8-5-9-19-14(16)17-11(2)15/h4,6-7,10H,3,5,8-9H2,1-2H3,(H3,15,16,17). The van der Waals surface area contributed by atoms with Crippen LogP contribution >= 0.6 is 11.8 Å². The molecule has 3 N–H and O–H groups in total. The monoisotopic (exact) mass is 279 g/mol. The number of hydrogen-bond donors (Lipinski definition) is 2. The van der Waals surface area contributed by atoms with E-state index >= 15 is 0 Å². The number of nitrogens with one attached hydrogen (secondary N) is 1. The van der Waals surface area contributed by atoms with E-state index in [1.807, 2.05) is 12.1 Å². The molecule has 4 nitrogen and oxygen atoms in total. The Morgan fingerprint density at radius 1 is 1.47 bits per heavy atom. The van der Waals surface area contributed by atoms with E-state index in [0.717, 1.165) is 24.3 Å². The topological polar surface area (TPSA) is 71.5 Å². The Bertz CT molecular complexity index is 442. The van der Waals surface area contributed by atoms with E-state index in [9.17, 15) is 0 Å². The SMILES string of the molecule is CCc1cccc(OCCCSC(=N)/N=C(/C)N)c1. The summed E-state index contributed by atoms with van der Waals surface area (Å²) in [4.78, 5) is 3.86. The predicted molar refractivity (Wildman–Crippen MR) is 83.4 cm³/mol. The lowest BCUT2D eigenvalue weighted by Crippen LogP contribution is -2.07. The molecule has 104 valence electrons. The van der Waals surface area contributed by atoms with Gasteiger partial charge in [-0.05, 0) is 37.5 Å². The van der Waals surface area contributed by atoms with Crippen LogP contribution in [0.4, 0.5) is 0 Å². The zero-order valence-electron chi connectivity index (χ0n) is 11.5. The highest BCUT2D eigenvalue weighted by molar-refractivity contribution is 8.13. The molecule has 1 aromatic carbocycles. The molecule has 0 saturated carbocycles. The Morgan fingerprint density at radius 3 is 2.95 bits per heavy atom. The van der Waals surface area contributed by atoms with Gasteiger partial charge in [0.05, 0.1) is 12.4 Å². The molecule has 0 aliphatic carbocycles. The maximum Gasteiger partial charge on any atom is 0.181 e. The minimum Gasteiger partial charge on any atom is -0.494 e. The molecule has 5 heteroatoms. The van der Waals surface area contributed by atoms with Crippen molar-refractivity contribution >= 4 is 22.8 Å². The fraction of sp³-hybridized carbons (Fsp3) is 0.429. The first-order valence-electron chi connectivity index (χ1n) is 6.35. The molecule has 19 heavy (non-hydrogen) atoms.